The van der Waals surface area contributed by atoms with Gasteiger partial charge in [0.05, 0.1) is 11.8 Å². The average molecular weight is 420 g/mol. The summed E-state index contributed by atoms with van der Waals surface area (Å²) in [7, 11) is 2.06. The normalized spacial score (nSPS) is 20.1. The number of anilines is 2. The van der Waals surface area contributed by atoms with E-state index in [1.165, 1.54) is 4.31 Å². The van der Waals surface area contributed by atoms with Crippen molar-refractivity contribution in [3.63, 3.8) is 0 Å². The molecule has 134 valence electrons. The predicted molar refractivity (Wildman–Crippen MR) is 96.5 cm³/mol. The van der Waals surface area contributed by atoms with Crippen LogP contribution in [0, 0.1) is 0 Å². The highest BCUT2D eigenvalue weighted by molar-refractivity contribution is 9.10. The van der Waals surface area contributed by atoms with Gasteiger partial charge in [0.15, 0.2) is 5.82 Å². The third-order valence-corrected chi connectivity index (χ3v) is 6.34. The molecule has 8 nitrogen and oxygen atoms in total. The van der Waals surface area contributed by atoms with E-state index in [1.54, 1.807) is 19.4 Å². The summed E-state index contributed by atoms with van der Waals surface area (Å²) in [6.07, 6.45) is 1.65. The van der Waals surface area contributed by atoms with Crippen LogP contribution in [0.15, 0.2) is 16.7 Å². The van der Waals surface area contributed by atoms with Crippen molar-refractivity contribution in [2.45, 2.75) is 12.1 Å². The Morgan fingerprint density at radius 3 is 2.58 bits per heavy atom. The number of nitrogens with one attached hydrogen (secondary N) is 1. The molecular weight excluding hydrogens is 398 g/mol. The first kappa shape index (κ1) is 17.9. The van der Waals surface area contributed by atoms with E-state index in [9.17, 15) is 8.42 Å². The highest BCUT2D eigenvalue weighted by atomic mass is 79.9. The molecule has 24 heavy (non-hydrogen) atoms. The van der Waals surface area contributed by atoms with Crippen molar-refractivity contribution < 1.29 is 13.2 Å². The Kier molecular flexibility index (Phi) is 5.03. The Hall–Kier alpha value is -0.940. The predicted octanol–water partition coefficient (Wildman–Crippen LogP) is 0.582. The number of hydrogen-bond donors (Lipinski definition) is 1. The van der Waals surface area contributed by atoms with Crippen molar-refractivity contribution in [1.29, 1.82) is 0 Å². The molecule has 2 fully saturated rings. The van der Waals surface area contributed by atoms with Gasteiger partial charge in [-0.05, 0) is 36.1 Å². The zero-order chi connectivity index (χ0) is 17.5. The van der Waals surface area contributed by atoms with Gasteiger partial charge in [-0.2, -0.15) is 12.7 Å². The zero-order valence-electron chi connectivity index (χ0n) is 13.9. The summed E-state index contributed by atoms with van der Waals surface area (Å²) >= 11 is 3.36. The minimum atomic E-state index is -3.60. The fourth-order valence-electron chi connectivity index (χ4n) is 2.66. The minimum absolute atomic E-state index is 0.0297. The van der Waals surface area contributed by atoms with Crippen LogP contribution in [0.1, 0.15) is 0 Å². The molecule has 0 saturated carbocycles. The number of pyridine rings is 1. The van der Waals surface area contributed by atoms with E-state index in [0.717, 1.165) is 17.6 Å². The molecule has 1 aromatic rings. The molecule has 0 radical (unpaired) electrons. The molecule has 0 spiro atoms. The van der Waals surface area contributed by atoms with Gasteiger partial charge in [-0.1, -0.05) is 0 Å². The standard InChI is InChI=1S/C14H22BrN5O3S/c1-18(2)11-6-19(7-11)14-13(4-10(15)5-16-14)17-24(21,22)20-8-12(9-20)23-3/h4-5,11-12,17H,6-9H2,1-3H3. The maximum atomic E-state index is 12.5. The summed E-state index contributed by atoms with van der Waals surface area (Å²) in [6.45, 7) is 2.39. The molecule has 0 amide bonds. The quantitative estimate of drug-likeness (QED) is 0.726. The number of likely N-dealkylation sites (N-methyl/N-ethyl adjacent to an activating group) is 1. The first-order valence-corrected chi connectivity index (χ1v) is 9.91. The highest BCUT2D eigenvalue weighted by Crippen LogP contribution is 2.32. The smallest absolute Gasteiger partial charge is 0.301 e. The van der Waals surface area contributed by atoms with Gasteiger partial charge >= 0.3 is 10.2 Å². The molecule has 0 unspecified atom stereocenters. The van der Waals surface area contributed by atoms with Gasteiger partial charge in [-0.3, -0.25) is 4.72 Å². The molecule has 1 N–H and O–H groups in total. The topological polar surface area (TPSA) is 78.0 Å². The lowest BCUT2D eigenvalue weighted by Crippen LogP contribution is -2.58. The number of nitrogens with zero attached hydrogens (tertiary/aromatic N) is 4. The van der Waals surface area contributed by atoms with Crippen molar-refractivity contribution >= 4 is 37.6 Å². The SMILES string of the molecule is COC1CN(S(=O)(=O)Nc2cc(Br)cnc2N2CC(N(C)C)C2)C1. The second kappa shape index (κ2) is 6.75. The summed E-state index contributed by atoms with van der Waals surface area (Å²) in [5.74, 6) is 0.656. The van der Waals surface area contributed by atoms with E-state index in [-0.39, 0.29) is 6.10 Å². The summed E-state index contributed by atoms with van der Waals surface area (Å²) < 4.78 is 34.9. The molecule has 2 aliphatic rings. The van der Waals surface area contributed by atoms with Crippen LogP contribution in [-0.2, 0) is 14.9 Å². The van der Waals surface area contributed by atoms with E-state index in [4.69, 9.17) is 4.74 Å². The van der Waals surface area contributed by atoms with Crippen LogP contribution in [-0.4, -0.2) is 82.1 Å². The summed E-state index contributed by atoms with van der Waals surface area (Å²) in [4.78, 5) is 8.63. The molecule has 0 bridgehead atoms. The lowest BCUT2D eigenvalue weighted by atomic mass is 10.1. The van der Waals surface area contributed by atoms with Crippen molar-refractivity contribution in [3.05, 3.63) is 16.7 Å². The fraction of sp³-hybridized carbons (Fsp3) is 0.643. The molecule has 3 heterocycles. The number of ether oxygens (including phenoxy) is 1. The van der Waals surface area contributed by atoms with Crippen molar-refractivity contribution in [1.82, 2.24) is 14.2 Å². The van der Waals surface area contributed by atoms with Crippen LogP contribution in [0.5, 0.6) is 0 Å². The van der Waals surface area contributed by atoms with E-state index in [0.29, 0.717) is 30.6 Å². The lowest BCUT2D eigenvalue weighted by Gasteiger charge is -2.44. The first-order chi connectivity index (χ1) is 11.3. The Morgan fingerprint density at radius 2 is 2.00 bits per heavy atom. The van der Waals surface area contributed by atoms with E-state index in [2.05, 4.69) is 35.4 Å². The van der Waals surface area contributed by atoms with Crippen LogP contribution in [0.25, 0.3) is 0 Å². The first-order valence-electron chi connectivity index (χ1n) is 7.67. The Bertz CT molecular complexity index is 702. The third-order valence-electron chi connectivity index (χ3n) is 4.45. The number of rotatable bonds is 6. The largest absolute Gasteiger partial charge is 0.379 e. The fourth-order valence-corrected chi connectivity index (χ4v) is 4.28. The molecule has 2 saturated heterocycles. The molecule has 2 aliphatic heterocycles. The van der Waals surface area contributed by atoms with Crippen molar-refractivity contribution in [2.75, 3.05) is 57.0 Å². The van der Waals surface area contributed by atoms with Crippen LogP contribution >= 0.6 is 15.9 Å². The molecule has 0 atom stereocenters. The van der Waals surface area contributed by atoms with E-state index >= 15 is 0 Å². The Morgan fingerprint density at radius 1 is 1.33 bits per heavy atom. The number of aromatic nitrogens is 1. The zero-order valence-corrected chi connectivity index (χ0v) is 16.3. The Balaban J connectivity index is 1.75. The van der Waals surface area contributed by atoms with Gasteiger partial charge in [0.1, 0.15) is 0 Å². The van der Waals surface area contributed by atoms with Gasteiger partial charge < -0.3 is 14.5 Å². The van der Waals surface area contributed by atoms with Crippen molar-refractivity contribution in [2.24, 2.45) is 0 Å². The van der Waals surface area contributed by atoms with Crippen LogP contribution in [0.2, 0.25) is 0 Å². The molecule has 1 aromatic heterocycles. The summed E-state index contributed by atoms with van der Waals surface area (Å²) in [6, 6.07) is 2.20. The molecular formula is C14H22BrN5O3S. The second-order valence-electron chi connectivity index (χ2n) is 6.33. The van der Waals surface area contributed by atoms with Gasteiger partial charge in [0, 0.05) is 50.0 Å². The van der Waals surface area contributed by atoms with Gasteiger partial charge in [-0.25, -0.2) is 4.98 Å². The lowest BCUT2D eigenvalue weighted by molar-refractivity contribution is 0.0128. The van der Waals surface area contributed by atoms with Crippen LogP contribution in [0.4, 0.5) is 11.5 Å². The third kappa shape index (κ3) is 3.52. The Labute approximate surface area is 151 Å². The van der Waals surface area contributed by atoms with Crippen molar-refractivity contribution in [3.8, 4) is 0 Å². The maximum Gasteiger partial charge on any atom is 0.301 e. The maximum absolute atomic E-state index is 12.5. The van der Waals surface area contributed by atoms with Crippen LogP contribution < -0.4 is 9.62 Å². The summed E-state index contributed by atoms with van der Waals surface area (Å²) in [5.41, 5.74) is 0.488. The molecule has 0 aromatic carbocycles. The minimum Gasteiger partial charge on any atom is -0.379 e. The van der Waals surface area contributed by atoms with Gasteiger partial charge in [-0.15, -0.1) is 0 Å². The molecule has 10 heteroatoms. The average Bonchev–Trinajstić information content (AvgIpc) is 2.37. The molecule has 0 aliphatic carbocycles. The summed E-state index contributed by atoms with van der Waals surface area (Å²) in [5, 5.41) is 0. The second-order valence-corrected chi connectivity index (χ2v) is 8.92. The van der Waals surface area contributed by atoms with Crippen LogP contribution in [0.3, 0.4) is 0 Å². The monoisotopic (exact) mass is 419 g/mol. The van der Waals surface area contributed by atoms with E-state index in [1.807, 2.05) is 14.1 Å². The number of hydrogen-bond acceptors (Lipinski definition) is 6. The van der Waals surface area contributed by atoms with Gasteiger partial charge in [0.25, 0.3) is 0 Å². The van der Waals surface area contributed by atoms with Gasteiger partial charge in [0.2, 0.25) is 0 Å². The number of methoxy groups -OCH3 is 1. The van der Waals surface area contributed by atoms with E-state index < -0.39 is 10.2 Å². The molecule has 3 rings (SSSR count). The number of halogens is 1. The highest BCUT2D eigenvalue weighted by Gasteiger charge is 2.37.